The molecule has 1 aromatic heterocycles. The number of fused-ring (bicyclic) bond motifs is 1. The number of anilines is 1. The Bertz CT molecular complexity index is 1120. The van der Waals surface area contributed by atoms with Crippen molar-refractivity contribution in [1.82, 2.24) is 14.8 Å². The first kappa shape index (κ1) is 22.6. The minimum Gasteiger partial charge on any atom is -0.492 e. The van der Waals surface area contributed by atoms with Crippen LogP contribution >= 0.6 is 0 Å². The molecule has 0 fully saturated rings. The summed E-state index contributed by atoms with van der Waals surface area (Å²) in [4.78, 5) is 27.6. The fourth-order valence-electron chi connectivity index (χ4n) is 4.32. The number of benzene rings is 2. The van der Waals surface area contributed by atoms with Gasteiger partial charge in [0.1, 0.15) is 5.75 Å². The fraction of sp³-hybridized carbons (Fsp3) is 0.308. The molecule has 1 aliphatic rings. The maximum Gasteiger partial charge on any atom is 0.313 e. The second-order valence-electron chi connectivity index (χ2n) is 8.14. The number of aryl methyl sites for hydroxylation is 1. The van der Waals surface area contributed by atoms with Crippen LogP contribution in [0.2, 0.25) is 0 Å². The van der Waals surface area contributed by atoms with Gasteiger partial charge in [-0.3, -0.25) is 14.5 Å². The lowest BCUT2D eigenvalue weighted by molar-refractivity contribution is -0.136. The van der Waals surface area contributed by atoms with Crippen LogP contribution in [0.4, 0.5) is 5.69 Å². The Balaban J connectivity index is 1.45. The molecular weight excluding hydrogens is 416 g/mol. The molecule has 0 bridgehead atoms. The maximum absolute atomic E-state index is 12.7. The van der Waals surface area contributed by atoms with Gasteiger partial charge >= 0.3 is 11.8 Å². The molecule has 2 heterocycles. The quantitative estimate of drug-likeness (QED) is 0.546. The van der Waals surface area contributed by atoms with E-state index in [9.17, 15) is 9.59 Å². The van der Waals surface area contributed by atoms with E-state index in [1.165, 1.54) is 11.1 Å². The molecule has 2 N–H and O–H groups in total. The third kappa shape index (κ3) is 5.26. The predicted molar refractivity (Wildman–Crippen MR) is 128 cm³/mol. The monoisotopic (exact) mass is 446 g/mol. The molecule has 3 aromatic rings. The summed E-state index contributed by atoms with van der Waals surface area (Å²) in [6.45, 7) is 4.36. The van der Waals surface area contributed by atoms with Gasteiger partial charge in [0.25, 0.3) is 0 Å². The summed E-state index contributed by atoms with van der Waals surface area (Å²) < 4.78 is 7.60. The van der Waals surface area contributed by atoms with Crippen molar-refractivity contribution in [3.63, 3.8) is 0 Å². The van der Waals surface area contributed by atoms with Crippen LogP contribution < -0.4 is 15.4 Å². The Hall–Kier alpha value is -3.58. The topological polar surface area (TPSA) is 75.6 Å². The highest BCUT2D eigenvalue weighted by atomic mass is 16.5. The van der Waals surface area contributed by atoms with Crippen LogP contribution in [0.15, 0.2) is 66.9 Å². The molecule has 0 radical (unpaired) electrons. The Labute approximate surface area is 194 Å². The van der Waals surface area contributed by atoms with Gasteiger partial charge in [0.2, 0.25) is 0 Å². The van der Waals surface area contributed by atoms with Gasteiger partial charge in [-0.25, -0.2) is 0 Å². The van der Waals surface area contributed by atoms with Crippen LogP contribution in [-0.2, 0) is 29.6 Å². The minimum atomic E-state index is -0.711. The molecule has 1 atom stereocenters. The van der Waals surface area contributed by atoms with Gasteiger partial charge in [0, 0.05) is 38.6 Å². The van der Waals surface area contributed by atoms with Crippen LogP contribution in [0.1, 0.15) is 29.8 Å². The molecule has 2 amide bonds. The highest BCUT2D eigenvalue weighted by molar-refractivity contribution is 6.39. The van der Waals surface area contributed by atoms with E-state index in [0.717, 1.165) is 25.2 Å². The molecule has 0 aliphatic carbocycles. The molecule has 0 saturated carbocycles. The smallest absolute Gasteiger partial charge is 0.313 e. The van der Waals surface area contributed by atoms with Gasteiger partial charge in [-0.15, -0.1) is 0 Å². The minimum absolute atomic E-state index is 0.0502. The zero-order chi connectivity index (χ0) is 23.2. The first-order valence-electron chi connectivity index (χ1n) is 11.3. The van der Waals surface area contributed by atoms with E-state index in [2.05, 4.69) is 50.4 Å². The number of amides is 2. The maximum atomic E-state index is 12.7. The Kier molecular flexibility index (Phi) is 7.10. The number of carbonyl (C=O) groups excluding carboxylic acids is 2. The fourth-order valence-corrected chi connectivity index (χ4v) is 4.32. The molecule has 1 unspecified atom stereocenters. The number of ether oxygens (including phenoxy) is 1. The third-order valence-corrected chi connectivity index (χ3v) is 6.02. The number of rotatable bonds is 7. The Morgan fingerprint density at radius 3 is 2.52 bits per heavy atom. The van der Waals surface area contributed by atoms with E-state index in [1.807, 2.05) is 32.3 Å². The molecule has 7 heteroatoms. The number of hydrogen-bond donors (Lipinski definition) is 2. The van der Waals surface area contributed by atoms with Crippen molar-refractivity contribution < 1.29 is 14.3 Å². The van der Waals surface area contributed by atoms with E-state index < -0.39 is 11.8 Å². The number of nitrogens with zero attached hydrogens (tertiary/aromatic N) is 2. The molecule has 2 aromatic carbocycles. The van der Waals surface area contributed by atoms with Crippen molar-refractivity contribution in [2.45, 2.75) is 25.9 Å². The molecular formula is C26H30N4O3. The second-order valence-corrected chi connectivity index (χ2v) is 8.14. The molecule has 4 rings (SSSR count). The first-order chi connectivity index (χ1) is 16.1. The molecule has 33 heavy (non-hydrogen) atoms. The third-order valence-electron chi connectivity index (χ3n) is 6.02. The van der Waals surface area contributed by atoms with Crippen LogP contribution in [0.5, 0.6) is 5.75 Å². The van der Waals surface area contributed by atoms with Crippen molar-refractivity contribution in [2.24, 2.45) is 7.05 Å². The summed E-state index contributed by atoms with van der Waals surface area (Å²) in [7, 11) is 2.00. The molecule has 172 valence electrons. The zero-order valence-corrected chi connectivity index (χ0v) is 19.1. The summed E-state index contributed by atoms with van der Waals surface area (Å²) in [6, 6.07) is 19.6. The lowest BCUT2D eigenvalue weighted by atomic mass is 9.98. The van der Waals surface area contributed by atoms with Gasteiger partial charge in [0.15, 0.2) is 0 Å². The van der Waals surface area contributed by atoms with Gasteiger partial charge in [-0.1, -0.05) is 36.4 Å². The van der Waals surface area contributed by atoms with E-state index in [-0.39, 0.29) is 6.04 Å². The van der Waals surface area contributed by atoms with Crippen molar-refractivity contribution in [3.05, 3.63) is 83.7 Å². The lowest BCUT2D eigenvalue weighted by Gasteiger charge is -2.36. The number of aromatic nitrogens is 1. The number of para-hydroxylation sites is 2. The van der Waals surface area contributed by atoms with Crippen LogP contribution in [0, 0.1) is 0 Å². The predicted octanol–water partition coefficient (Wildman–Crippen LogP) is 3.28. The number of nitrogens with one attached hydrogen (secondary N) is 2. The zero-order valence-electron chi connectivity index (χ0n) is 19.1. The van der Waals surface area contributed by atoms with Crippen molar-refractivity contribution in [1.29, 1.82) is 0 Å². The van der Waals surface area contributed by atoms with Crippen LogP contribution in [0.25, 0.3) is 0 Å². The highest BCUT2D eigenvalue weighted by Gasteiger charge is 2.27. The van der Waals surface area contributed by atoms with Crippen molar-refractivity contribution in [2.75, 3.05) is 25.0 Å². The summed E-state index contributed by atoms with van der Waals surface area (Å²) >= 11 is 0. The Morgan fingerprint density at radius 1 is 1.00 bits per heavy atom. The summed E-state index contributed by atoms with van der Waals surface area (Å²) in [5.74, 6) is -0.843. The summed E-state index contributed by atoms with van der Waals surface area (Å²) in [6.07, 6.45) is 2.96. The molecule has 7 nitrogen and oxygen atoms in total. The average Bonchev–Trinajstić information content (AvgIpc) is 3.26. The standard InChI is InChI=1S/C26H30N4O3/c1-3-33-24-13-7-6-11-21(24)28-26(32)25(31)27-17-23(22-12-8-15-29(22)2)30-16-14-19-9-4-5-10-20(19)18-30/h4-13,15,23H,3,14,16-18H2,1-2H3,(H,27,31)(H,28,32). The average molecular weight is 447 g/mol. The van der Waals surface area contributed by atoms with Crippen LogP contribution in [-0.4, -0.2) is 41.0 Å². The highest BCUT2D eigenvalue weighted by Crippen LogP contribution is 2.28. The van der Waals surface area contributed by atoms with E-state index >= 15 is 0 Å². The van der Waals surface area contributed by atoms with Crippen molar-refractivity contribution >= 4 is 17.5 Å². The second kappa shape index (κ2) is 10.4. The van der Waals surface area contributed by atoms with E-state index in [1.54, 1.807) is 18.2 Å². The first-order valence-corrected chi connectivity index (χ1v) is 11.3. The summed E-state index contributed by atoms with van der Waals surface area (Å²) in [5.41, 5.74) is 4.25. The number of hydrogen-bond acceptors (Lipinski definition) is 4. The molecule has 0 saturated heterocycles. The summed E-state index contributed by atoms with van der Waals surface area (Å²) in [5, 5.41) is 5.51. The number of carbonyl (C=O) groups is 2. The van der Waals surface area contributed by atoms with Gasteiger partial charge in [-0.2, -0.15) is 0 Å². The van der Waals surface area contributed by atoms with Crippen molar-refractivity contribution in [3.8, 4) is 5.75 Å². The van der Waals surface area contributed by atoms with Gasteiger partial charge < -0.3 is 19.9 Å². The Morgan fingerprint density at radius 2 is 1.76 bits per heavy atom. The van der Waals surface area contributed by atoms with E-state index in [0.29, 0.717) is 24.6 Å². The van der Waals surface area contributed by atoms with Gasteiger partial charge in [0.05, 0.1) is 18.3 Å². The van der Waals surface area contributed by atoms with Gasteiger partial charge in [-0.05, 0) is 48.7 Å². The van der Waals surface area contributed by atoms with Crippen LogP contribution in [0.3, 0.4) is 0 Å². The molecule has 0 spiro atoms. The SMILES string of the molecule is CCOc1ccccc1NC(=O)C(=O)NCC(c1cccn1C)N1CCc2ccccc2C1. The molecule has 1 aliphatic heterocycles. The van der Waals surface area contributed by atoms with E-state index in [4.69, 9.17) is 4.74 Å². The lowest BCUT2D eigenvalue weighted by Crippen LogP contribution is -2.44. The largest absolute Gasteiger partial charge is 0.492 e. The normalized spacial score (nSPS) is 14.2.